The number of benzene rings is 3. The Morgan fingerprint density at radius 1 is 1.04 bits per heavy atom. The second kappa shape index (κ2) is 13.5. The number of aromatic amines is 2. The van der Waals surface area contributed by atoms with E-state index in [1.807, 2.05) is 44.2 Å². The highest BCUT2D eigenvalue weighted by Crippen LogP contribution is 2.41. The van der Waals surface area contributed by atoms with Gasteiger partial charge in [-0.15, -0.1) is 0 Å². The van der Waals surface area contributed by atoms with Gasteiger partial charge in [-0.3, -0.25) is 9.59 Å². The SMILES string of the molecule is CN1CCCCCC(C)(c2cccc(CCC(=O)O)c2)c2cnc([nH]2)-c2cc(ccc2F)Oc2c(F)cc3[nH]ccc3c2CC(C)(C)C1=O. The van der Waals surface area contributed by atoms with E-state index in [0.717, 1.165) is 47.9 Å². The van der Waals surface area contributed by atoms with Crippen molar-refractivity contribution in [2.24, 2.45) is 5.41 Å². The number of hydrogen-bond acceptors (Lipinski definition) is 4. The molecule has 1 amide bonds. The zero-order valence-electron chi connectivity index (χ0n) is 28.3. The molecule has 4 bridgehead atoms. The molecule has 3 heterocycles. The molecule has 256 valence electrons. The lowest BCUT2D eigenvalue weighted by molar-refractivity contribution is -0.139. The van der Waals surface area contributed by atoms with Crippen molar-refractivity contribution in [2.45, 2.75) is 71.1 Å². The van der Waals surface area contributed by atoms with Crippen molar-refractivity contribution in [3.8, 4) is 22.9 Å². The molecule has 0 spiro atoms. The molecule has 0 radical (unpaired) electrons. The molecule has 8 nitrogen and oxygen atoms in total. The molecule has 2 aromatic heterocycles. The van der Waals surface area contributed by atoms with Crippen LogP contribution in [0.5, 0.6) is 11.5 Å². The van der Waals surface area contributed by atoms with Gasteiger partial charge in [-0.2, -0.15) is 0 Å². The smallest absolute Gasteiger partial charge is 0.303 e. The molecule has 6 rings (SSSR count). The normalized spacial score (nSPS) is 18.7. The summed E-state index contributed by atoms with van der Waals surface area (Å²) in [4.78, 5) is 37.9. The third kappa shape index (κ3) is 6.95. The number of carbonyl (C=O) groups excluding carboxylic acids is 1. The maximum atomic E-state index is 15.8. The summed E-state index contributed by atoms with van der Waals surface area (Å²) in [5.74, 6) is -1.52. The molecule has 3 aromatic carbocycles. The molecule has 49 heavy (non-hydrogen) atoms. The molecule has 3 N–H and O–H groups in total. The topological polar surface area (TPSA) is 111 Å². The number of rotatable bonds is 4. The van der Waals surface area contributed by atoms with E-state index in [1.165, 1.54) is 24.3 Å². The first-order valence-electron chi connectivity index (χ1n) is 16.7. The largest absolute Gasteiger partial charge is 0.481 e. The zero-order valence-corrected chi connectivity index (χ0v) is 28.3. The predicted molar refractivity (Wildman–Crippen MR) is 185 cm³/mol. The first-order valence-corrected chi connectivity index (χ1v) is 16.7. The molecule has 1 aliphatic heterocycles. The fraction of sp³-hybridized carbons (Fsp3) is 0.359. The second-order valence-electron chi connectivity index (χ2n) is 14.0. The van der Waals surface area contributed by atoms with E-state index in [2.05, 4.69) is 21.9 Å². The summed E-state index contributed by atoms with van der Waals surface area (Å²) in [6.45, 7) is 6.40. The first-order chi connectivity index (χ1) is 23.4. The summed E-state index contributed by atoms with van der Waals surface area (Å²) >= 11 is 0. The van der Waals surface area contributed by atoms with Crippen molar-refractivity contribution >= 4 is 22.8 Å². The number of amides is 1. The third-order valence-corrected chi connectivity index (χ3v) is 9.86. The lowest BCUT2D eigenvalue weighted by Crippen LogP contribution is -2.40. The fourth-order valence-electron chi connectivity index (χ4n) is 7.01. The number of ether oxygens (including phenoxy) is 1. The van der Waals surface area contributed by atoms with Crippen LogP contribution in [-0.2, 0) is 27.8 Å². The van der Waals surface area contributed by atoms with Gasteiger partial charge in [-0.05, 0) is 68.0 Å². The Balaban J connectivity index is 1.45. The summed E-state index contributed by atoms with van der Waals surface area (Å²) < 4.78 is 37.5. The molecule has 0 fully saturated rings. The molecular weight excluding hydrogens is 626 g/mol. The van der Waals surface area contributed by atoms with Crippen molar-refractivity contribution < 1.29 is 28.2 Å². The van der Waals surface area contributed by atoms with E-state index in [1.54, 1.807) is 24.3 Å². The number of H-pyrrole nitrogens is 2. The van der Waals surface area contributed by atoms with Crippen molar-refractivity contribution in [3.63, 3.8) is 0 Å². The van der Waals surface area contributed by atoms with Gasteiger partial charge < -0.3 is 24.7 Å². The summed E-state index contributed by atoms with van der Waals surface area (Å²) in [6, 6.07) is 15.4. The van der Waals surface area contributed by atoms with Gasteiger partial charge in [-0.25, -0.2) is 13.8 Å². The van der Waals surface area contributed by atoms with Crippen LogP contribution < -0.4 is 4.74 Å². The van der Waals surface area contributed by atoms with Crippen LogP contribution >= 0.6 is 0 Å². The van der Waals surface area contributed by atoms with Crippen LogP contribution in [0.25, 0.3) is 22.3 Å². The van der Waals surface area contributed by atoms with Crippen molar-refractivity contribution in [3.05, 3.63) is 101 Å². The minimum atomic E-state index is -0.879. The monoisotopic (exact) mass is 668 g/mol. The minimum Gasteiger partial charge on any atom is -0.481 e. The van der Waals surface area contributed by atoms with E-state index in [9.17, 15) is 14.7 Å². The van der Waals surface area contributed by atoms with Crippen molar-refractivity contribution in [2.75, 3.05) is 13.6 Å². The number of carboxylic acid groups (broad SMARTS) is 1. The molecule has 5 aromatic rings. The van der Waals surface area contributed by atoms with Gasteiger partial charge in [0.05, 0.1) is 5.56 Å². The Morgan fingerprint density at radius 3 is 2.65 bits per heavy atom. The molecular formula is C39H42F2N4O4. The Kier molecular flexibility index (Phi) is 9.33. The fourth-order valence-corrected chi connectivity index (χ4v) is 7.01. The number of nitrogens with one attached hydrogen (secondary N) is 2. The molecule has 1 atom stereocenters. The van der Waals surface area contributed by atoms with Crippen LogP contribution in [0.15, 0.2) is 67.0 Å². The lowest BCUT2D eigenvalue weighted by atomic mass is 9.75. The zero-order chi connectivity index (χ0) is 34.9. The van der Waals surface area contributed by atoms with E-state index in [4.69, 9.17) is 4.74 Å². The number of aliphatic carboxylic acids is 1. The molecule has 0 saturated carbocycles. The maximum absolute atomic E-state index is 15.8. The standard InChI is InChI=1S/C39H42F2N4O4/c1-38(2)22-29-27-15-17-42-32(27)21-31(41)35(29)49-26-12-13-30(40)28(20-26)36-43-23-33(44-36)39(3,16-6-5-7-18-45(4)37(38)48)25-10-8-9-24(19-25)11-14-34(46)47/h8-10,12-13,15,17,19-21,23,42H,5-7,11,14,16,18,22H2,1-4H3,(H,43,44)(H,46,47). The van der Waals surface area contributed by atoms with Crippen LogP contribution in [0.4, 0.5) is 8.78 Å². The van der Waals surface area contributed by atoms with Crippen LogP contribution in [0.3, 0.4) is 0 Å². The van der Waals surface area contributed by atoms with Gasteiger partial charge in [0.2, 0.25) is 5.91 Å². The summed E-state index contributed by atoms with van der Waals surface area (Å²) in [6.07, 6.45) is 7.31. The number of imidazole rings is 1. The Hall–Kier alpha value is -4.99. The lowest BCUT2D eigenvalue weighted by Gasteiger charge is -2.31. The average Bonchev–Trinajstić information content (AvgIpc) is 3.76. The number of aromatic nitrogens is 3. The van der Waals surface area contributed by atoms with Gasteiger partial charge in [0.25, 0.3) is 0 Å². The van der Waals surface area contributed by atoms with Gasteiger partial charge in [0.1, 0.15) is 17.4 Å². The molecule has 1 unspecified atom stereocenters. The van der Waals surface area contributed by atoms with Crippen molar-refractivity contribution in [1.29, 1.82) is 0 Å². The number of halogens is 2. The van der Waals surface area contributed by atoms with Gasteiger partial charge in [0, 0.05) is 71.5 Å². The van der Waals surface area contributed by atoms with Gasteiger partial charge in [0.15, 0.2) is 11.6 Å². The molecule has 0 aliphatic carbocycles. The summed E-state index contributed by atoms with van der Waals surface area (Å²) in [5, 5.41) is 10.00. The van der Waals surface area contributed by atoms with Crippen LogP contribution in [0, 0.1) is 17.0 Å². The van der Waals surface area contributed by atoms with Crippen LogP contribution in [-0.4, -0.2) is 50.4 Å². The van der Waals surface area contributed by atoms with Crippen molar-refractivity contribution in [1.82, 2.24) is 19.9 Å². The molecule has 10 heteroatoms. The number of aryl methyl sites for hydroxylation is 1. The van der Waals surface area contributed by atoms with Gasteiger partial charge >= 0.3 is 5.97 Å². The Bertz CT molecular complexity index is 2020. The average molecular weight is 669 g/mol. The Labute approximate surface area is 284 Å². The highest BCUT2D eigenvalue weighted by atomic mass is 19.1. The summed E-state index contributed by atoms with van der Waals surface area (Å²) in [5.41, 5.74) is 2.55. The van der Waals surface area contributed by atoms with E-state index < -0.39 is 28.4 Å². The molecule has 1 aliphatic rings. The highest BCUT2D eigenvalue weighted by Gasteiger charge is 2.35. The minimum absolute atomic E-state index is 0.0124. The van der Waals surface area contributed by atoms with Gasteiger partial charge in [-0.1, -0.05) is 51.0 Å². The number of carbonyl (C=O) groups is 2. The van der Waals surface area contributed by atoms with Crippen LogP contribution in [0.2, 0.25) is 0 Å². The van der Waals surface area contributed by atoms with E-state index in [-0.39, 0.29) is 35.8 Å². The number of hydrogen-bond donors (Lipinski definition) is 3. The first kappa shape index (κ1) is 33.9. The number of fused-ring (bicyclic) bond motifs is 8. The highest BCUT2D eigenvalue weighted by molar-refractivity contribution is 5.88. The second-order valence-corrected chi connectivity index (χ2v) is 14.0. The number of carboxylic acids is 1. The summed E-state index contributed by atoms with van der Waals surface area (Å²) in [7, 11) is 1.81. The maximum Gasteiger partial charge on any atom is 0.303 e. The third-order valence-electron chi connectivity index (χ3n) is 9.86. The molecule has 0 saturated heterocycles. The van der Waals surface area contributed by atoms with E-state index >= 15 is 8.78 Å². The Morgan fingerprint density at radius 2 is 1.86 bits per heavy atom. The number of nitrogens with zero attached hydrogens (tertiary/aromatic N) is 2. The van der Waals surface area contributed by atoms with Crippen LogP contribution in [0.1, 0.15) is 75.3 Å². The quantitative estimate of drug-likeness (QED) is 0.178. The van der Waals surface area contributed by atoms with E-state index in [0.29, 0.717) is 29.9 Å². The predicted octanol–water partition coefficient (Wildman–Crippen LogP) is 8.55.